The predicted octanol–water partition coefficient (Wildman–Crippen LogP) is 2.74. The second kappa shape index (κ2) is 8.13. The molecule has 0 unspecified atom stereocenters. The molecule has 2 aromatic rings. The van der Waals surface area contributed by atoms with Gasteiger partial charge in [0.05, 0.1) is 23.7 Å². The van der Waals surface area contributed by atoms with E-state index < -0.39 is 16.0 Å². The van der Waals surface area contributed by atoms with Crippen molar-refractivity contribution in [3.63, 3.8) is 0 Å². The van der Waals surface area contributed by atoms with E-state index in [4.69, 9.17) is 4.74 Å². The third kappa shape index (κ3) is 5.30. The van der Waals surface area contributed by atoms with Gasteiger partial charge in [-0.2, -0.15) is 0 Å². The molecule has 0 spiro atoms. The molecule has 134 valence electrons. The zero-order chi connectivity index (χ0) is 18.4. The number of esters is 1. The van der Waals surface area contributed by atoms with Crippen LogP contribution in [0, 0.1) is 0 Å². The molecule has 0 heterocycles. The Morgan fingerprint density at radius 2 is 1.80 bits per heavy atom. The van der Waals surface area contributed by atoms with Crippen molar-refractivity contribution in [1.29, 1.82) is 0 Å². The second-order valence-electron chi connectivity index (χ2n) is 5.65. The minimum Gasteiger partial charge on any atom is -0.491 e. The molecular formula is C18H21NO5S. The number of ether oxygens (including phenoxy) is 2. The van der Waals surface area contributed by atoms with E-state index in [1.807, 2.05) is 13.8 Å². The van der Waals surface area contributed by atoms with E-state index >= 15 is 0 Å². The van der Waals surface area contributed by atoms with Gasteiger partial charge in [0.15, 0.2) is 0 Å². The lowest BCUT2D eigenvalue weighted by Crippen LogP contribution is -2.23. The number of nitrogens with one attached hydrogen (secondary N) is 1. The van der Waals surface area contributed by atoms with Crippen LogP contribution in [-0.4, -0.2) is 27.6 Å². The van der Waals surface area contributed by atoms with Crippen molar-refractivity contribution in [1.82, 2.24) is 4.72 Å². The monoisotopic (exact) mass is 363 g/mol. The lowest BCUT2D eigenvalue weighted by Gasteiger charge is -2.11. The predicted molar refractivity (Wildman–Crippen MR) is 94.0 cm³/mol. The Bertz CT molecular complexity index is 829. The third-order valence-electron chi connectivity index (χ3n) is 3.33. The Kier molecular flexibility index (Phi) is 6.17. The Morgan fingerprint density at radius 1 is 1.12 bits per heavy atom. The fraction of sp³-hybridized carbons (Fsp3) is 0.278. The molecule has 0 aliphatic rings. The standard InChI is InChI=1S/C18H21NO5S/c1-13(2)24-16-9-7-14(8-10-16)12-19-25(21,22)17-6-4-5-15(11-17)18(20)23-3/h4-11,13,19H,12H2,1-3H3. The van der Waals surface area contributed by atoms with E-state index in [1.54, 1.807) is 24.3 Å². The van der Waals surface area contributed by atoms with E-state index in [1.165, 1.54) is 31.4 Å². The fourth-order valence-electron chi connectivity index (χ4n) is 2.13. The Labute approximate surface area is 147 Å². The molecule has 1 N–H and O–H groups in total. The average Bonchev–Trinajstić information content (AvgIpc) is 2.60. The van der Waals surface area contributed by atoms with E-state index in [2.05, 4.69) is 9.46 Å². The van der Waals surface area contributed by atoms with Gasteiger partial charge in [-0.25, -0.2) is 17.9 Å². The molecule has 0 aliphatic carbocycles. The van der Waals surface area contributed by atoms with Crippen LogP contribution in [0.2, 0.25) is 0 Å². The van der Waals surface area contributed by atoms with Crippen LogP contribution in [0.1, 0.15) is 29.8 Å². The number of hydrogen-bond donors (Lipinski definition) is 1. The van der Waals surface area contributed by atoms with Crippen LogP contribution < -0.4 is 9.46 Å². The summed E-state index contributed by atoms with van der Waals surface area (Å²) in [6.07, 6.45) is 0.0754. The zero-order valence-corrected chi connectivity index (χ0v) is 15.2. The van der Waals surface area contributed by atoms with Gasteiger partial charge in [-0.15, -0.1) is 0 Å². The van der Waals surface area contributed by atoms with Crippen molar-refractivity contribution < 1.29 is 22.7 Å². The highest BCUT2D eigenvalue weighted by Gasteiger charge is 2.16. The van der Waals surface area contributed by atoms with Crippen LogP contribution in [0.25, 0.3) is 0 Å². The maximum absolute atomic E-state index is 12.4. The molecule has 0 fully saturated rings. The number of rotatable bonds is 7. The number of carbonyl (C=O) groups excluding carboxylic acids is 1. The second-order valence-corrected chi connectivity index (χ2v) is 7.42. The smallest absolute Gasteiger partial charge is 0.337 e. The fourth-order valence-corrected chi connectivity index (χ4v) is 3.19. The van der Waals surface area contributed by atoms with Gasteiger partial charge < -0.3 is 9.47 Å². The average molecular weight is 363 g/mol. The van der Waals surface area contributed by atoms with Gasteiger partial charge in [0.25, 0.3) is 0 Å². The molecule has 2 rings (SSSR count). The highest BCUT2D eigenvalue weighted by Crippen LogP contribution is 2.16. The minimum absolute atomic E-state index is 0.00941. The molecule has 0 amide bonds. The summed E-state index contributed by atoms with van der Waals surface area (Å²) in [6.45, 7) is 4.00. The first-order valence-corrected chi connectivity index (χ1v) is 9.24. The van der Waals surface area contributed by atoms with E-state index in [0.717, 1.165) is 11.3 Å². The summed E-state index contributed by atoms with van der Waals surface area (Å²) in [4.78, 5) is 11.5. The first-order chi connectivity index (χ1) is 11.8. The summed E-state index contributed by atoms with van der Waals surface area (Å²) >= 11 is 0. The van der Waals surface area contributed by atoms with Crippen molar-refractivity contribution in [3.05, 3.63) is 59.7 Å². The van der Waals surface area contributed by atoms with E-state index in [9.17, 15) is 13.2 Å². The maximum atomic E-state index is 12.4. The summed E-state index contributed by atoms with van der Waals surface area (Å²) in [7, 11) is -2.50. The number of carbonyl (C=O) groups is 1. The lowest BCUT2D eigenvalue weighted by molar-refractivity contribution is 0.0600. The highest BCUT2D eigenvalue weighted by atomic mass is 32.2. The molecular weight excluding hydrogens is 342 g/mol. The number of sulfonamides is 1. The first-order valence-electron chi connectivity index (χ1n) is 7.75. The minimum atomic E-state index is -3.74. The molecule has 0 radical (unpaired) electrons. The Hall–Kier alpha value is -2.38. The van der Waals surface area contributed by atoms with Crippen molar-refractivity contribution in [3.8, 4) is 5.75 Å². The van der Waals surface area contributed by atoms with Crippen LogP contribution in [0.5, 0.6) is 5.75 Å². The topological polar surface area (TPSA) is 81.7 Å². The lowest BCUT2D eigenvalue weighted by atomic mass is 10.2. The van der Waals surface area contributed by atoms with Gasteiger partial charge in [0.1, 0.15) is 5.75 Å². The van der Waals surface area contributed by atoms with Crippen molar-refractivity contribution in [2.24, 2.45) is 0 Å². The summed E-state index contributed by atoms with van der Waals surface area (Å²) < 4.78 is 37.5. The normalized spacial score (nSPS) is 11.4. The molecule has 7 heteroatoms. The van der Waals surface area contributed by atoms with Crippen LogP contribution in [-0.2, 0) is 21.3 Å². The van der Waals surface area contributed by atoms with Gasteiger partial charge >= 0.3 is 5.97 Å². The first kappa shape index (κ1) is 19.0. The Balaban J connectivity index is 2.07. The molecule has 25 heavy (non-hydrogen) atoms. The van der Waals surface area contributed by atoms with Gasteiger partial charge in [0.2, 0.25) is 10.0 Å². The van der Waals surface area contributed by atoms with Crippen molar-refractivity contribution in [2.75, 3.05) is 7.11 Å². The highest BCUT2D eigenvalue weighted by molar-refractivity contribution is 7.89. The Morgan fingerprint density at radius 3 is 2.40 bits per heavy atom. The van der Waals surface area contributed by atoms with Gasteiger partial charge in [-0.05, 0) is 49.7 Å². The molecule has 2 aromatic carbocycles. The quantitative estimate of drug-likeness (QED) is 0.765. The third-order valence-corrected chi connectivity index (χ3v) is 4.73. The maximum Gasteiger partial charge on any atom is 0.337 e. The zero-order valence-electron chi connectivity index (χ0n) is 14.4. The van der Waals surface area contributed by atoms with Crippen LogP contribution in [0.4, 0.5) is 0 Å². The molecule has 0 saturated carbocycles. The molecule has 0 atom stereocenters. The van der Waals surface area contributed by atoms with E-state index in [0.29, 0.717) is 0 Å². The van der Waals surface area contributed by atoms with Crippen molar-refractivity contribution >= 4 is 16.0 Å². The van der Waals surface area contributed by atoms with Gasteiger partial charge in [-0.1, -0.05) is 18.2 Å². The van der Waals surface area contributed by atoms with E-state index in [-0.39, 0.29) is 23.1 Å². The van der Waals surface area contributed by atoms with Gasteiger partial charge in [-0.3, -0.25) is 0 Å². The molecule has 0 aliphatic heterocycles. The van der Waals surface area contributed by atoms with Crippen LogP contribution in [0.3, 0.4) is 0 Å². The molecule has 0 bridgehead atoms. The van der Waals surface area contributed by atoms with Gasteiger partial charge in [0, 0.05) is 6.54 Å². The molecule has 0 saturated heterocycles. The largest absolute Gasteiger partial charge is 0.491 e. The number of benzene rings is 2. The molecule has 0 aromatic heterocycles. The molecule has 6 nitrogen and oxygen atoms in total. The number of hydrogen-bond acceptors (Lipinski definition) is 5. The van der Waals surface area contributed by atoms with Crippen LogP contribution >= 0.6 is 0 Å². The summed E-state index contributed by atoms with van der Waals surface area (Å²) in [6, 6.07) is 12.9. The summed E-state index contributed by atoms with van der Waals surface area (Å²) in [5.74, 6) is 0.144. The van der Waals surface area contributed by atoms with Crippen molar-refractivity contribution in [2.45, 2.75) is 31.4 Å². The SMILES string of the molecule is COC(=O)c1cccc(S(=O)(=O)NCc2ccc(OC(C)C)cc2)c1. The summed E-state index contributed by atoms with van der Waals surface area (Å²) in [5, 5.41) is 0. The summed E-state index contributed by atoms with van der Waals surface area (Å²) in [5.41, 5.74) is 0.976. The number of methoxy groups -OCH3 is 1. The van der Waals surface area contributed by atoms with Crippen LogP contribution in [0.15, 0.2) is 53.4 Å².